The van der Waals surface area contributed by atoms with E-state index in [2.05, 4.69) is 18.2 Å². The molecule has 1 heterocycles. The molecule has 0 spiro atoms. The molecule has 0 fully saturated rings. The van der Waals surface area contributed by atoms with Crippen molar-refractivity contribution in [2.75, 3.05) is 6.26 Å². The Morgan fingerprint density at radius 1 is 1.55 bits per heavy atom. The van der Waals surface area contributed by atoms with Gasteiger partial charge in [-0.25, -0.2) is 4.98 Å². The fraction of sp³-hybridized carbons (Fsp3) is 0.375. The molecule has 1 rings (SSSR count). The molecule has 0 saturated carbocycles. The third-order valence-corrected chi connectivity index (χ3v) is 2.78. The van der Waals surface area contributed by atoms with Gasteiger partial charge in [-0.05, 0) is 24.8 Å². The Balaban J connectivity index is 2.81. The molecule has 0 aliphatic rings. The van der Waals surface area contributed by atoms with Gasteiger partial charge in [-0.3, -0.25) is 0 Å². The Hall–Kier alpha value is -0.210. The van der Waals surface area contributed by atoms with Gasteiger partial charge in [-0.2, -0.15) is 11.8 Å². The molecule has 0 amide bonds. The number of hydrogen-bond acceptors (Lipinski definition) is 2. The summed E-state index contributed by atoms with van der Waals surface area (Å²) in [5.74, 6) is 0. The zero-order chi connectivity index (χ0) is 8.27. The number of pyridine rings is 1. The van der Waals surface area contributed by atoms with E-state index >= 15 is 0 Å². The third kappa shape index (κ3) is 2.38. The van der Waals surface area contributed by atoms with Crippen LogP contribution < -0.4 is 0 Å². The highest BCUT2D eigenvalue weighted by atomic mass is 35.5. The van der Waals surface area contributed by atoms with E-state index in [9.17, 15) is 0 Å². The smallest absolute Gasteiger partial charge is 0.129 e. The number of hydrogen-bond donors (Lipinski definition) is 0. The van der Waals surface area contributed by atoms with Crippen molar-refractivity contribution in [3.05, 3.63) is 29.0 Å². The molecule has 1 atom stereocenters. The minimum atomic E-state index is 0.500. The first-order valence-corrected chi connectivity index (χ1v) is 5.05. The molecular formula is C8H10ClNS. The second-order valence-corrected chi connectivity index (χ2v) is 3.86. The van der Waals surface area contributed by atoms with Crippen molar-refractivity contribution in [1.82, 2.24) is 4.98 Å². The fourth-order valence-electron chi connectivity index (χ4n) is 0.764. The minimum absolute atomic E-state index is 0.500. The van der Waals surface area contributed by atoms with Crippen LogP contribution in [0.5, 0.6) is 0 Å². The SMILES string of the molecule is CS[C@H](C)c1ccc(Cl)nc1. The lowest BCUT2D eigenvalue weighted by molar-refractivity contribution is 1.07. The van der Waals surface area contributed by atoms with Gasteiger partial charge in [-0.15, -0.1) is 0 Å². The van der Waals surface area contributed by atoms with Gasteiger partial charge < -0.3 is 0 Å². The van der Waals surface area contributed by atoms with Gasteiger partial charge in [0.15, 0.2) is 0 Å². The van der Waals surface area contributed by atoms with Crippen molar-refractivity contribution >= 4 is 23.4 Å². The number of halogens is 1. The third-order valence-electron chi connectivity index (χ3n) is 1.57. The largest absolute Gasteiger partial charge is 0.244 e. The van der Waals surface area contributed by atoms with Crippen LogP contribution in [0.1, 0.15) is 17.7 Å². The molecule has 0 aliphatic carbocycles. The van der Waals surface area contributed by atoms with Crippen molar-refractivity contribution in [3.8, 4) is 0 Å². The lowest BCUT2D eigenvalue weighted by Gasteiger charge is -2.06. The molecule has 0 bridgehead atoms. The Morgan fingerprint density at radius 3 is 2.73 bits per heavy atom. The summed E-state index contributed by atoms with van der Waals surface area (Å²) in [4.78, 5) is 4.00. The molecule has 1 aromatic rings. The van der Waals surface area contributed by atoms with Gasteiger partial charge in [0.25, 0.3) is 0 Å². The average Bonchev–Trinajstić information content (AvgIpc) is 2.05. The quantitative estimate of drug-likeness (QED) is 0.660. The zero-order valence-electron chi connectivity index (χ0n) is 6.54. The molecular weight excluding hydrogens is 178 g/mol. The molecule has 60 valence electrons. The Kier molecular flexibility index (Phi) is 3.21. The molecule has 0 aliphatic heterocycles. The summed E-state index contributed by atoms with van der Waals surface area (Å²) in [5, 5.41) is 1.06. The van der Waals surface area contributed by atoms with Crippen LogP contribution in [0.25, 0.3) is 0 Å². The second kappa shape index (κ2) is 3.98. The summed E-state index contributed by atoms with van der Waals surface area (Å²) < 4.78 is 0. The minimum Gasteiger partial charge on any atom is -0.244 e. The highest BCUT2D eigenvalue weighted by molar-refractivity contribution is 7.98. The van der Waals surface area contributed by atoms with Crippen LogP contribution in [0, 0.1) is 0 Å². The number of rotatable bonds is 2. The fourth-order valence-corrected chi connectivity index (χ4v) is 1.29. The monoisotopic (exact) mass is 187 g/mol. The number of nitrogens with zero attached hydrogens (tertiary/aromatic N) is 1. The van der Waals surface area contributed by atoms with Crippen LogP contribution in [0.2, 0.25) is 5.15 Å². The summed E-state index contributed by atoms with van der Waals surface area (Å²) in [5.41, 5.74) is 1.22. The van der Waals surface area contributed by atoms with Gasteiger partial charge in [0, 0.05) is 11.4 Å². The summed E-state index contributed by atoms with van der Waals surface area (Å²) in [7, 11) is 0. The highest BCUT2D eigenvalue weighted by Crippen LogP contribution is 2.25. The normalized spacial score (nSPS) is 13.0. The Morgan fingerprint density at radius 2 is 2.27 bits per heavy atom. The van der Waals surface area contributed by atoms with Gasteiger partial charge >= 0.3 is 0 Å². The Labute approximate surface area is 76.2 Å². The molecule has 0 aromatic carbocycles. The topological polar surface area (TPSA) is 12.9 Å². The number of aromatic nitrogens is 1. The molecule has 1 aromatic heterocycles. The molecule has 0 unspecified atom stereocenters. The molecule has 0 radical (unpaired) electrons. The van der Waals surface area contributed by atoms with Crippen LogP contribution in [0.15, 0.2) is 18.3 Å². The number of thioether (sulfide) groups is 1. The zero-order valence-corrected chi connectivity index (χ0v) is 8.12. The van der Waals surface area contributed by atoms with E-state index < -0.39 is 0 Å². The van der Waals surface area contributed by atoms with E-state index in [1.165, 1.54) is 5.56 Å². The van der Waals surface area contributed by atoms with E-state index in [-0.39, 0.29) is 0 Å². The predicted octanol–water partition coefficient (Wildman–Crippen LogP) is 3.16. The molecule has 11 heavy (non-hydrogen) atoms. The van der Waals surface area contributed by atoms with Crippen molar-refractivity contribution in [3.63, 3.8) is 0 Å². The van der Waals surface area contributed by atoms with Crippen molar-refractivity contribution < 1.29 is 0 Å². The van der Waals surface area contributed by atoms with E-state index in [0.717, 1.165) is 0 Å². The second-order valence-electron chi connectivity index (χ2n) is 2.29. The standard InChI is InChI=1S/C8H10ClNS/c1-6(11-2)7-3-4-8(9)10-5-7/h3-6H,1-2H3/t6-/m1/s1. The summed E-state index contributed by atoms with van der Waals surface area (Å²) in [6.07, 6.45) is 3.91. The predicted molar refractivity (Wildman–Crippen MR) is 51.2 cm³/mol. The molecule has 0 N–H and O–H groups in total. The summed E-state index contributed by atoms with van der Waals surface area (Å²) in [6.45, 7) is 2.15. The first kappa shape index (κ1) is 8.88. The first-order valence-electron chi connectivity index (χ1n) is 3.38. The molecule has 1 nitrogen and oxygen atoms in total. The molecule has 3 heteroatoms. The van der Waals surface area contributed by atoms with E-state index in [1.807, 2.05) is 18.3 Å². The van der Waals surface area contributed by atoms with Gasteiger partial charge in [-0.1, -0.05) is 17.7 Å². The maximum Gasteiger partial charge on any atom is 0.129 e. The van der Waals surface area contributed by atoms with Gasteiger partial charge in [0.1, 0.15) is 5.15 Å². The maximum atomic E-state index is 5.64. The summed E-state index contributed by atoms with van der Waals surface area (Å²) in [6, 6.07) is 3.83. The van der Waals surface area contributed by atoms with Crippen LogP contribution in [0.4, 0.5) is 0 Å². The first-order chi connectivity index (χ1) is 5.24. The van der Waals surface area contributed by atoms with Crippen LogP contribution in [0.3, 0.4) is 0 Å². The van der Waals surface area contributed by atoms with Crippen molar-refractivity contribution in [1.29, 1.82) is 0 Å². The lowest BCUT2D eigenvalue weighted by Crippen LogP contribution is -1.87. The van der Waals surface area contributed by atoms with Crippen LogP contribution in [-0.4, -0.2) is 11.2 Å². The lowest BCUT2D eigenvalue weighted by atomic mass is 10.2. The van der Waals surface area contributed by atoms with E-state index in [0.29, 0.717) is 10.4 Å². The average molecular weight is 188 g/mol. The van der Waals surface area contributed by atoms with Gasteiger partial charge in [0.05, 0.1) is 0 Å². The molecule has 0 saturated heterocycles. The van der Waals surface area contributed by atoms with E-state index in [1.54, 1.807) is 11.8 Å². The van der Waals surface area contributed by atoms with Crippen LogP contribution in [-0.2, 0) is 0 Å². The van der Waals surface area contributed by atoms with Crippen LogP contribution >= 0.6 is 23.4 Å². The maximum absolute atomic E-state index is 5.64. The Bertz CT molecular complexity index is 222. The van der Waals surface area contributed by atoms with Crippen molar-refractivity contribution in [2.24, 2.45) is 0 Å². The highest BCUT2D eigenvalue weighted by Gasteiger charge is 2.02. The van der Waals surface area contributed by atoms with Gasteiger partial charge in [0.2, 0.25) is 0 Å². The summed E-state index contributed by atoms with van der Waals surface area (Å²) >= 11 is 7.44. The van der Waals surface area contributed by atoms with Crippen molar-refractivity contribution in [2.45, 2.75) is 12.2 Å². The van der Waals surface area contributed by atoms with E-state index in [4.69, 9.17) is 11.6 Å².